The van der Waals surface area contributed by atoms with E-state index < -0.39 is 20.3 Å². The molecule has 3 atom stereocenters. The van der Waals surface area contributed by atoms with Gasteiger partial charge in [0.15, 0.2) is 0 Å². The molecule has 5 nitrogen and oxygen atoms in total. The number of hydrogen-bond acceptors (Lipinski definition) is 5. The number of esters is 1. The van der Waals surface area contributed by atoms with Crippen molar-refractivity contribution in [3.05, 3.63) is 60.7 Å². The molecule has 0 saturated carbocycles. The smallest absolute Gasteiger partial charge is 0.311 e. The molecule has 1 N–H and O–H groups in total. The molecule has 0 unspecified atom stereocenters. The molecular formula is C31H46O5Si. The highest BCUT2D eigenvalue weighted by Crippen LogP contribution is 2.37. The molecule has 2 aromatic carbocycles. The molecule has 2 aromatic rings. The van der Waals surface area contributed by atoms with E-state index in [1.165, 1.54) is 10.4 Å². The minimum atomic E-state index is -2.80. The van der Waals surface area contributed by atoms with Crippen LogP contribution in [0.1, 0.15) is 66.7 Å². The molecule has 6 heteroatoms. The Morgan fingerprint density at radius 2 is 1.65 bits per heavy atom. The van der Waals surface area contributed by atoms with Gasteiger partial charge in [-0.05, 0) is 60.9 Å². The van der Waals surface area contributed by atoms with Crippen LogP contribution in [0.2, 0.25) is 5.04 Å². The first-order chi connectivity index (χ1) is 17.6. The van der Waals surface area contributed by atoms with Gasteiger partial charge in [-0.1, -0.05) is 87.9 Å². The number of carbonyl (C=O) groups excluding carboxylic acids is 1. The molecule has 0 aliphatic carbocycles. The lowest BCUT2D eigenvalue weighted by Gasteiger charge is -2.43. The van der Waals surface area contributed by atoms with E-state index in [4.69, 9.17) is 13.9 Å². The second-order valence-corrected chi connectivity index (χ2v) is 16.0. The molecular weight excluding hydrogens is 480 g/mol. The molecule has 0 bridgehead atoms. The largest absolute Gasteiger partial charge is 0.463 e. The first kappa shape index (κ1) is 29.6. The summed E-state index contributed by atoms with van der Waals surface area (Å²) >= 11 is 0. The maximum absolute atomic E-state index is 13.2. The minimum absolute atomic E-state index is 0.190. The zero-order valence-corrected chi connectivity index (χ0v) is 24.3. The van der Waals surface area contributed by atoms with Crippen LogP contribution >= 0.6 is 0 Å². The van der Waals surface area contributed by atoms with Crippen molar-refractivity contribution in [2.24, 2.45) is 11.8 Å². The van der Waals surface area contributed by atoms with Crippen LogP contribution in [-0.4, -0.2) is 51.4 Å². The van der Waals surface area contributed by atoms with E-state index in [0.717, 1.165) is 32.5 Å². The number of benzene rings is 2. The maximum Gasteiger partial charge on any atom is 0.311 e. The van der Waals surface area contributed by atoms with Crippen LogP contribution < -0.4 is 10.4 Å². The third kappa shape index (κ3) is 8.00. The van der Waals surface area contributed by atoms with Crippen LogP contribution in [0.5, 0.6) is 0 Å². The Morgan fingerprint density at radius 3 is 2.14 bits per heavy atom. The van der Waals surface area contributed by atoms with E-state index in [1.54, 1.807) is 0 Å². The quantitative estimate of drug-likeness (QED) is 0.291. The van der Waals surface area contributed by atoms with Gasteiger partial charge in [0.05, 0.1) is 18.1 Å². The highest BCUT2D eigenvalue weighted by Gasteiger charge is 2.50. The van der Waals surface area contributed by atoms with E-state index in [0.29, 0.717) is 18.8 Å². The number of carbonyl (C=O) groups is 1. The van der Waals surface area contributed by atoms with Gasteiger partial charge in [-0.15, -0.1) is 0 Å². The Bertz CT molecular complexity index is 896. The van der Waals surface area contributed by atoms with Crippen molar-refractivity contribution in [1.82, 2.24) is 0 Å². The van der Waals surface area contributed by atoms with Crippen LogP contribution in [0.25, 0.3) is 0 Å². The normalized spacial score (nSPS) is 18.1. The second-order valence-electron chi connectivity index (χ2n) is 11.7. The molecule has 0 aromatic heterocycles. The molecule has 1 aliphatic rings. The lowest BCUT2D eigenvalue weighted by atomic mass is 9.95. The number of rotatable bonds is 13. The van der Waals surface area contributed by atoms with Crippen molar-refractivity contribution in [3.63, 3.8) is 0 Å². The summed E-state index contributed by atoms with van der Waals surface area (Å²) in [6.07, 6.45) is 3.29. The van der Waals surface area contributed by atoms with Gasteiger partial charge in [0, 0.05) is 19.8 Å². The summed E-state index contributed by atoms with van der Waals surface area (Å²) in [4.78, 5) is 13.2. The average Bonchev–Trinajstić information content (AvgIpc) is 3.37. The standard InChI is InChI=1S/C31H46O5Si/c1-24(2)36-30(33)26(21-27(32)14-12-13-25-19-20-34-22-25)23-35-37(31(3,4)5,28-15-8-6-9-16-28)29-17-10-7-11-18-29/h6-11,15-18,24-27,32H,12-14,19-23H2,1-5H3/t25-,26-,27+/m0/s1. The van der Waals surface area contributed by atoms with Crippen LogP contribution in [-0.2, 0) is 18.7 Å². The monoisotopic (exact) mass is 526 g/mol. The van der Waals surface area contributed by atoms with Gasteiger partial charge in [-0.3, -0.25) is 4.79 Å². The van der Waals surface area contributed by atoms with Crippen molar-refractivity contribution >= 4 is 24.7 Å². The summed E-state index contributed by atoms with van der Waals surface area (Å²) in [7, 11) is -2.80. The van der Waals surface area contributed by atoms with Crippen LogP contribution in [0.4, 0.5) is 0 Å². The molecule has 37 heavy (non-hydrogen) atoms. The third-order valence-electron chi connectivity index (χ3n) is 7.33. The predicted molar refractivity (Wildman–Crippen MR) is 152 cm³/mol. The Labute approximate surface area is 224 Å². The molecule has 1 fully saturated rings. The van der Waals surface area contributed by atoms with Gasteiger partial charge in [0.2, 0.25) is 0 Å². The Kier molecular flexibility index (Phi) is 10.9. The fraction of sp³-hybridized carbons (Fsp3) is 0.581. The van der Waals surface area contributed by atoms with Gasteiger partial charge in [-0.2, -0.15) is 0 Å². The molecule has 0 radical (unpaired) electrons. The molecule has 0 spiro atoms. The topological polar surface area (TPSA) is 65.0 Å². The lowest BCUT2D eigenvalue weighted by Crippen LogP contribution is -2.67. The van der Waals surface area contributed by atoms with Gasteiger partial charge in [-0.25, -0.2) is 0 Å². The Balaban J connectivity index is 1.82. The summed E-state index contributed by atoms with van der Waals surface area (Å²) < 4.78 is 18.1. The van der Waals surface area contributed by atoms with Crippen LogP contribution in [0, 0.1) is 11.8 Å². The molecule has 1 saturated heterocycles. The second kappa shape index (κ2) is 13.7. The van der Waals surface area contributed by atoms with Gasteiger partial charge < -0.3 is 19.0 Å². The summed E-state index contributed by atoms with van der Waals surface area (Å²) in [5.74, 6) is -0.238. The summed E-state index contributed by atoms with van der Waals surface area (Å²) in [6, 6.07) is 20.8. The Morgan fingerprint density at radius 1 is 1.05 bits per heavy atom. The fourth-order valence-corrected chi connectivity index (χ4v) is 10.1. The first-order valence-corrected chi connectivity index (χ1v) is 15.8. The average molecular weight is 527 g/mol. The van der Waals surface area contributed by atoms with E-state index in [1.807, 2.05) is 26.0 Å². The zero-order chi connectivity index (χ0) is 26.9. The molecule has 1 heterocycles. The predicted octanol–water partition coefficient (Wildman–Crippen LogP) is 5.09. The van der Waals surface area contributed by atoms with Gasteiger partial charge in [0.1, 0.15) is 0 Å². The summed E-state index contributed by atoms with van der Waals surface area (Å²) in [5, 5.41) is 13.1. The van der Waals surface area contributed by atoms with Crippen molar-refractivity contribution in [2.75, 3.05) is 19.8 Å². The number of aliphatic hydroxyl groups is 1. The van der Waals surface area contributed by atoms with E-state index in [2.05, 4.69) is 69.3 Å². The summed E-state index contributed by atoms with van der Waals surface area (Å²) in [5.41, 5.74) is 0. The molecule has 204 valence electrons. The van der Waals surface area contributed by atoms with Gasteiger partial charge >= 0.3 is 5.97 Å². The Hall–Kier alpha value is -1.99. The molecule has 3 rings (SSSR count). The first-order valence-electron chi connectivity index (χ1n) is 13.8. The lowest BCUT2D eigenvalue weighted by molar-refractivity contribution is -0.154. The summed E-state index contributed by atoms with van der Waals surface area (Å²) in [6.45, 7) is 12.3. The fourth-order valence-electron chi connectivity index (χ4n) is 5.45. The minimum Gasteiger partial charge on any atom is -0.463 e. The highest BCUT2D eigenvalue weighted by molar-refractivity contribution is 6.99. The van der Waals surface area contributed by atoms with E-state index >= 15 is 0 Å². The highest BCUT2D eigenvalue weighted by atomic mass is 28.4. The third-order valence-corrected chi connectivity index (χ3v) is 12.3. The van der Waals surface area contributed by atoms with Crippen LogP contribution in [0.3, 0.4) is 0 Å². The van der Waals surface area contributed by atoms with E-state index in [9.17, 15) is 9.90 Å². The molecule has 1 aliphatic heterocycles. The van der Waals surface area contributed by atoms with Crippen LogP contribution in [0.15, 0.2) is 60.7 Å². The SMILES string of the molecule is CC(C)OC(=O)[C@H](CO[Si](c1ccccc1)(c1ccccc1)C(C)(C)C)C[C@H](O)CCC[C@H]1CCOC1. The number of ether oxygens (including phenoxy) is 2. The van der Waals surface area contributed by atoms with Crippen molar-refractivity contribution in [2.45, 2.75) is 84.0 Å². The van der Waals surface area contributed by atoms with Crippen molar-refractivity contribution < 1.29 is 23.8 Å². The van der Waals surface area contributed by atoms with Crippen molar-refractivity contribution in [3.8, 4) is 0 Å². The number of aliphatic hydroxyl groups excluding tert-OH is 1. The number of hydrogen-bond donors (Lipinski definition) is 1. The molecule has 0 amide bonds. The van der Waals surface area contributed by atoms with E-state index in [-0.39, 0.29) is 23.7 Å². The van der Waals surface area contributed by atoms with Gasteiger partial charge in [0.25, 0.3) is 8.32 Å². The maximum atomic E-state index is 13.2. The zero-order valence-electron chi connectivity index (χ0n) is 23.3. The van der Waals surface area contributed by atoms with Crippen molar-refractivity contribution in [1.29, 1.82) is 0 Å².